The minimum atomic E-state index is -0.560. The molecule has 4 rings (SSSR count). The Hall–Kier alpha value is -2.37. The van der Waals surface area contributed by atoms with Crippen molar-refractivity contribution in [2.24, 2.45) is 5.92 Å². The van der Waals surface area contributed by atoms with Crippen molar-refractivity contribution in [2.45, 2.75) is 51.0 Å². The van der Waals surface area contributed by atoms with Crippen molar-refractivity contribution in [1.29, 1.82) is 0 Å². The Bertz CT molecular complexity index is 715. The van der Waals surface area contributed by atoms with Gasteiger partial charge in [-0.1, -0.05) is 43.9 Å². The normalized spacial score (nSPS) is 23.7. The van der Waals surface area contributed by atoms with Gasteiger partial charge < -0.3 is 9.80 Å². The number of amides is 4. The third-order valence-electron chi connectivity index (χ3n) is 6.15. The van der Waals surface area contributed by atoms with E-state index in [1.807, 2.05) is 18.2 Å². The number of urea groups is 1. The van der Waals surface area contributed by atoms with Crippen molar-refractivity contribution in [2.75, 3.05) is 24.5 Å². The number of fused-ring (bicyclic) bond motifs is 1. The predicted octanol–water partition coefficient (Wildman–Crippen LogP) is 3.03. The number of anilines is 1. The van der Waals surface area contributed by atoms with E-state index in [4.69, 9.17) is 0 Å². The van der Waals surface area contributed by atoms with Crippen LogP contribution in [-0.2, 0) is 9.59 Å². The first-order valence-electron chi connectivity index (χ1n) is 10.1. The van der Waals surface area contributed by atoms with E-state index in [1.165, 1.54) is 30.6 Å². The van der Waals surface area contributed by atoms with Crippen LogP contribution in [0.3, 0.4) is 0 Å². The molecule has 1 aliphatic carbocycles. The molecule has 0 N–H and O–H groups in total. The molecule has 4 amide bonds. The van der Waals surface area contributed by atoms with Crippen LogP contribution in [0.15, 0.2) is 30.3 Å². The number of benzene rings is 1. The summed E-state index contributed by atoms with van der Waals surface area (Å²) in [5.74, 6) is 0.588. The number of imide groups is 1. The number of hydrogen-bond acceptors (Lipinski definition) is 3. The lowest BCUT2D eigenvalue weighted by molar-refractivity contribution is -0.132. The van der Waals surface area contributed by atoms with Gasteiger partial charge in [-0.25, -0.2) is 9.69 Å². The zero-order valence-corrected chi connectivity index (χ0v) is 15.7. The van der Waals surface area contributed by atoms with Crippen LogP contribution in [0.5, 0.6) is 0 Å². The van der Waals surface area contributed by atoms with E-state index >= 15 is 0 Å². The first-order valence-corrected chi connectivity index (χ1v) is 10.1. The number of para-hydroxylation sites is 1. The molecule has 2 heterocycles. The maximum absolute atomic E-state index is 13.0. The minimum Gasteiger partial charge on any atom is -0.340 e. The summed E-state index contributed by atoms with van der Waals surface area (Å²) in [5.41, 5.74) is 0.597. The number of hydrogen-bond donors (Lipinski definition) is 0. The lowest BCUT2D eigenvalue weighted by Gasteiger charge is -2.24. The lowest BCUT2D eigenvalue weighted by atomic mass is 10.0. The maximum Gasteiger partial charge on any atom is 0.332 e. The van der Waals surface area contributed by atoms with E-state index in [2.05, 4.69) is 0 Å². The molecular formula is C21H27N3O3. The van der Waals surface area contributed by atoms with Gasteiger partial charge >= 0.3 is 6.03 Å². The van der Waals surface area contributed by atoms with Crippen molar-refractivity contribution in [3.63, 3.8) is 0 Å². The van der Waals surface area contributed by atoms with Gasteiger partial charge in [0.1, 0.15) is 6.04 Å². The van der Waals surface area contributed by atoms with Crippen LogP contribution >= 0.6 is 0 Å². The molecule has 0 spiro atoms. The summed E-state index contributed by atoms with van der Waals surface area (Å²) in [7, 11) is 0. The summed E-state index contributed by atoms with van der Waals surface area (Å²) in [6, 6.07) is 8.21. The number of nitrogens with zero attached hydrogens (tertiary/aromatic N) is 3. The van der Waals surface area contributed by atoms with Crippen LogP contribution in [0.1, 0.15) is 44.9 Å². The molecule has 3 aliphatic rings. The Balaban J connectivity index is 1.44. The monoisotopic (exact) mass is 369 g/mol. The number of carbonyl (C=O) groups is 3. The van der Waals surface area contributed by atoms with Gasteiger partial charge in [0.2, 0.25) is 5.91 Å². The Morgan fingerprint density at radius 1 is 1.00 bits per heavy atom. The standard InChI is InChI=1S/C21H27N3O3/c25-19(12-11-16-7-4-5-8-16)22-13-6-14-23-18(15-22)20(26)24(21(23)27)17-9-2-1-3-10-17/h1-3,9-10,16,18H,4-8,11-15H2. The van der Waals surface area contributed by atoms with E-state index < -0.39 is 6.04 Å². The van der Waals surface area contributed by atoms with E-state index in [9.17, 15) is 14.4 Å². The fraction of sp³-hybridized carbons (Fsp3) is 0.571. The van der Waals surface area contributed by atoms with Gasteiger partial charge in [-0.05, 0) is 30.9 Å². The lowest BCUT2D eigenvalue weighted by Crippen LogP contribution is -2.43. The largest absolute Gasteiger partial charge is 0.340 e. The van der Waals surface area contributed by atoms with Gasteiger partial charge in [-0.3, -0.25) is 9.59 Å². The quantitative estimate of drug-likeness (QED) is 0.767. The zero-order chi connectivity index (χ0) is 18.8. The molecule has 2 saturated heterocycles. The highest BCUT2D eigenvalue weighted by molar-refractivity contribution is 6.21. The molecule has 1 aromatic carbocycles. The van der Waals surface area contributed by atoms with Gasteiger partial charge in [0, 0.05) is 19.5 Å². The van der Waals surface area contributed by atoms with Crippen LogP contribution < -0.4 is 4.90 Å². The molecule has 0 bridgehead atoms. The summed E-state index contributed by atoms with van der Waals surface area (Å²) in [6.07, 6.45) is 7.27. The van der Waals surface area contributed by atoms with Crippen molar-refractivity contribution >= 4 is 23.5 Å². The Morgan fingerprint density at radius 3 is 2.48 bits per heavy atom. The van der Waals surface area contributed by atoms with E-state index in [0.29, 0.717) is 44.1 Å². The van der Waals surface area contributed by atoms with Crippen LogP contribution in [0, 0.1) is 5.92 Å². The molecule has 1 unspecified atom stereocenters. The Morgan fingerprint density at radius 2 is 1.74 bits per heavy atom. The zero-order valence-electron chi connectivity index (χ0n) is 15.7. The second-order valence-electron chi connectivity index (χ2n) is 7.88. The van der Waals surface area contributed by atoms with Gasteiger partial charge in [-0.15, -0.1) is 0 Å². The first kappa shape index (κ1) is 18.0. The van der Waals surface area contributed by atoms with Crippen molar-refractivity contribution in [1.82, 2.24) is 9.80 Å². The minimum absolute atomic E-state index is 0.127. The summed E-state index contributed by atoms with van der Waals surface area (Å²) in [5, 5.41) is 0. The molecule has 6 nitrogen and oxygen atoms in total. The Labute approximate surface area is 160 Å². The molecule has 1 aromatic rings. The van der Waals surface area contributed by atoms with Crippen LogP contribution in [0.25, 0.3) is 0 Å². The smallest absolute Gasteiger partial charge is 0.332 e. The van der Waals surface area contributed by atoms with Crippen LogP contribution in [0.2, 0.25) is 0 Å². The molecule has 27 heavy (non-hydrogen) atoms. The third-order valence-corrected chi connectivity index (χ3v) is 6.15. The molecule has 3 fully saturated rings. The fourth-order valence-corrected chi connectivity index (χ4v) is 4.62. The maximum atomic E-state index is 13.0. The van der Waals surface area contributed by atoms with Gasteiger partial charge in [0.05, 0.1) is 12.2 Å². The van der Waals surface area contributed by atoms with Gasteiger partial charge in [0.15, 0.2) is 0 Å². The number of carbonyl (C=O) groups excluding carboxylic acids is 3. The van der Waals surface area contributed by atoms with Crippen molar-refractivity contribution in [3.8, 4) is 0 Å². The van der Waals surface area contributed by atoms with E-state index in [0.717, 1.165) is 6.42 Å². The van der Waals surface area contributed by atoms with Crippen molar-refractivity contribution in [3.05, 3.63) is 30.3 Å². The average molecular weight is 369 g/mol. The second kappa shape index (κ2) is 7.71. The predicted molar refractivity (Wildman–Crippen MR) is 102 cm³/mol. The Kier molecular flexibility index (Phi) is 5.14. The van der Waals surface area contributed by atoms with Gasteiger partial charge in [-0.2, -0.15) is 0 Å². The summed E-state index contributed by atoms with van der Waals surface area (Å²) < 4.78 is 0. The molecule has 1 atom stereocenters. The highest BCUT2D eigenvalue weighted by atomic mass is 16.2. The van der Waals surface area contributed by atoms with E-state index in [1.54, 1.807) is 21.9 Å². The average Bonchev–Trinajstić information content (AvgIpc) is 3.20. The summed E-state index contributed by atoms with van der Waals surface area (Å²) >= 11 is 0. The summed E-state index contributed by atoms with van der Waals surface area (Å²) in [6.45, 7) is 1.46. The molecule has 0 aromatic heterocycles. The van der Waals surface area contributed by atoms with E-state index in [-0.39, 0.29) is 17.8 Å². The highest BCUT2D eigenvalue weighted by Crippen LogP contribution is 2.30. The molecular weight excluding hydrogens is 342 g/mol. The first-order chi connectivity index (χ1) is 13.1. The van der Waals surface area contributed by atoms with Gasteiger partial charge in [0.25, 0.3) is 5.91 Å². The topological polar surface area (TPSA) is 60.9 Å². The second-order valence-corrected chi connectivity index (χ2v) is 7.88. The molecule has 2 aliphatic heterocycles. The third kappa shape index (κ3) is 3.57. The SMILES string of the molecule is O=C(CCC1CCCC1)N1CCCN2C(=O)N(c3ccccc3)C(=O)C2C1. The number of rotatable bonds is 4. The van der Waals surface area contributed by atoms with Crippen LogP contribution in [-0.4, -0.2) is 53.3 Å². The molecule has 1 saturated carbocycles. The molecule has 144 valence electrons. The highest BCUT2D eigenvalue weighted by Gasteiger charge is 2.47. The summed E-state index contributed by atoms with van der Waals surface area (Å²) in [4.78, 5) is 43.2. The molecule has 0 radical (unpaired) electrons. The fourth-order valence-electron chi connectivity index (χ4n) is 4.62. The van der Waals surface area contributed by atoms with Crippen LogP contribution in [0.4, 0.5) is 10.5 Å². The van der Waals surface area contributed by atoms with Crippen molar-refractivity contribution < 1.29 is 14.4 Å². The molecule has 6 heteroatoms.